The number of halogens is 6. The van der Waals surface area contributed by atoms with Crippen LogP contribution in [0.1, 0.15) is 12.6 Å². The fourth-order valence-electron chi connectivity index (χ4n) is 3.40. The van der Waals surface area contributed by atoms with E-state index in [1.807, 2.05) is 0 Å². The molecule has 0 bridgehead atoms. The van der Waals surface area contributed by atoms with Crippen LogP contribution in [-0.2, 0) is 5.60 Å². The van der Waals surface area contributed by atoms with E-state index < -0.39 is 58.6 Å². The molecule has 178 valence electrons. The Bertz CT molecular complexity index is 1200. The zero-order valence-corrected chi connectivity index (χ0v) is 17.2. The van der Waals surface area contributed by atoms with Crippen LogP contribution < -0.4 is 15.4 Å². The van der Waals surface area contributed by atoms with E-state index in [2.05, 4.69) is 25.7 Å². The molecule has 1 aliphatic heterocycles. The number of hydrogen-bond acceptors (Lipinski definition) is 7. The first kappa shape index (κ1) is 23.0. The molecule has 0 amide bonds. The number of alkyl halides is 4. The van der Waals surface area contributed by atoms with Crippen LogP contribution in [0.25, 0.3) is 17.0 Å². The van der Waals surface area contributed by atoms with Crippen molar-refractivity contribution >= 4 is 11.5 Å². The maximum absolute atomic E-state index is 14.6. The average molecular weight is 476 g/mol. The van der Waals surface area contributed by atoms with Crippen LogP contribution in [0.5, 0.6) is 5.75 Å². The van der Waals surface area contributed by atoms with Crippen molar-refractivity contribution in [2.45, 2.75) is 30.9 Å². The lowest BCUT2D eigenvalue weighted by atomic mass is 10.0. The van der Waals surface area contributed by atoms with Crippen molar-refractivity contribution in [3.05, 3.63) is 35.7 Å². The molecule has 0 spiro atoms. The predicted molar refractivity (Wildman–Crippen MR) is 103 cm³/mol. The van der Waals surface area contributed by atoms with Crippen LogP contribution in [0.2, 0.25) is 0 Å². The maximum Gasteiger partial charge on any atom is 0.422 e. The third-order valence-corrected chi connectivity index (χ3v) is 5.33. The van der Waals surface area contributed by atoms with Gasteiger partial charge in [-0.3, -0.25) is 0 Å². The zero-order valence-electron chi connectivity index (χ0n) is 17.2. The predicted octanol–water partition coefficient (Wildman–Crippen LogP) is 2.57. The Morgan fingerprint density at radius 3 is 2.55 bits per heavy atom. The van der Waals surface area contributed by atoms with E-state index in [9.17, 15) is 31.4 Å². The Morgan fingerprint density at radius 2 is 1.94 bits per heavy atom. The topological polar surface area (TPSA) is 96.6 Å². The highest BCUT2D eigenvalue weighted by Crippen LogP contribution is 2.41. The van der Waals surface area contributed by atoms with Gasteiger partial charge in [-0.2, -0.15) is 18.3 Å². The summed E-state index contributed by atoms with van der Waals surface area (Å²) in [6.45, 7) is 0.720. The number of rotatable bonds is 5. The highest BCUT2D eigenvalue weighted by molar-refractivity contribution is 5.63. The van der Waals surface area contributed by atoms with Crippen LogP contribution in [0, 0.1) is 11.6 Å². The van der Waals surface area contributed by atoms with Crippen molar-refractivity contribution in [3.8, 4) is 17.1 Å². The molecule has 33 heavy (non-hydrogen) atoms. The molecular weight excluding hydrogens is 458 g/mol. The van der Waals surface area contributed by atoms with Gasteiger partial charge in [0.15, 0.2) is 23.1 Å². The fraction of sp³-hybridized carbons (Fsp3) is 0.421. The van der Waals surface area contributed by atoms with Crippen molar-refractivity contribution in [3.63, 3.8) is 0 Å². The second-order valence-corrected chi connectivity index (χ2v) is 7.62. The van der Waals surface area contributed by atoms with E-state index in [0.717, 1.165) is 23.9 Å². The SMILES string of the molecule is COc1cc2ncc(-c3nc(NC4CNCC4F)c(F)cc3F)n2nc1C(C)(O)C(F)(F)F. The van der Waals surface area contributed by atoms with Gasteiger partial charge in [0.25, 0.3) is 0 Å². The smallest absolute Gasteiger partial charge is 0.422 e. The third kappa shape index (κ3) is 3.93. The van der Waals surface area contributed by atoms with Crippen LogP contribution in [-0.4, -0.2) is 63.3 Å². The van der Waals surface area contributed by atoms with Gasteiger partial charge in [-0.25, -0.2) is 27.7 Å². The molecule has 0 aliphatic carbocycles. The number of pyridine rings is 1. The largest absolute Gasteiger partial charge is 0.495 e. The summed E-state index contributed by atoms with van der Waals surface area (Å²) in [6.07, 6.45) is -5.39. The monoisotopic (exact) mass is 476 g/mol. The first-order chi connectivity index (χ1) is 15.4. The summed E-state index contributed by atoms with van der Waals surface area (Å²) in [5.41, 5.74) is -5.09. The number of methoxy groups -OCH3 is 1. The number of nitrogens with one attached hydrogen (secondary N) is 2. The van der Waals surface area contributed by atoms with Crippen molar-refractivity contribution in [1.82, 2.24) is 24.9 Å². The summed E-state index contributed by atoms with van der Waals surface area (Å²) in [6, 6.07) is 0.768. The minimum absolute atomic E-state index is 0.0487. The van der Waals surface area contributed by atoms with Crippen LogP contribution >= 0.6 is 0 Å². The van der Waals surface area contributed by atoms with Crippen molar-refractivity contribution in [2.24, 2.45) is 0 Å². The lowest BCUT2D eigenvalue weighted by molar-refractivity contribution is -0.261. The second-order valence-electron chi connectivity index (χ2n) is 7.62. The van der Waals surface area contributed by atoms with E-state index in [1.54, 1.807) is 0 Å². The van der Waals surface area contributed by atoms with E-state index in [-0.39, 0.29) is 24.4 Å². The molecule has 3 aromatic heterocycles. The Kier molecular flexibility index (Phi) is 5.60. The lowest BCUT2D eigenvalue weighted by Crippen LogP contribution is -2.40. The molecule has 3 N–H and O–H groups in total. The highest BCUT2D eigenvalue weighted by atomic mass is 19.4. The number of hydrogen-bond donors (Lipinski definition) is 3. The van der Waals surface area contributed by atoms with Gasteiger partial charge in [0.1, 0.15) is 29.0 Å². The zero-order chi connectivity index (χ0) is 24.1. The van der Waals surface area contributed by atoms with E-state index >= 15 is 0 Å². The number of anilines is 1. The molecule has 0 aromatic carbocycles. The number of aromatic nitrogens is 4. The first-order valence-electron chi connectivity index (χ1n) is 9.64. The van der Waals surface area contributed by atoms with Gasteiger partial charge in [0, 0.05) is 25.2 Å². The summed E-state index contributed by atoms with van der Waals surface area (Å²) in [5, 5.41) is 19.2. The number of nitrogens with zero attached hydrogens (tertiary/aromatic N) is 4. The number of fused-ring (bicyclic) bond motifs is 1. The van der Waals surface area contributed by atoms with Crippen LogP contribution in [0.4, 0.5) is 32.2 Å². The molecule has 0 saturated carbocycles. The van der Waals surface area contributed by atoms with E-state index in [0.29, 0.717) is 13.0 Å². The molecule has 1 fully saturated rings. The number of ether oxygens (including phenoxy) is 1. The van der Waals surface area contributed by atoms with Crippen molar-refractivity contribution in [1.29, 1.82) is 0 Å². The van der Waals surface area contributed by atoms with Crippen molar-refractivity contribution in [2.75, 3.05) is 25.5 Å². The Morgan fingerprint density at radius 1 is 1.21 bits per heavy atom. The normalized spacial score (nSPS) is 20.8. The van der Waals surface area contributed by atoms with Gasteiger partial charge < -0.3 is 20.5 Å². The second kappa shape index (κ2) is 8.02. The molecule has 1 aliphatic rings. The molecule has 14 heteroatoms. The lowest BCUT2D eigenvalue weighted by Gasteiger charge is -2.26. The molecule has 0 radical (unpaired) electrons. The quantitative estimate of drug-likeness (QED) is 0.487. The highest BCUT2D eigenvalue weighted by Gasteiger charge is 2.54. The molecule has 1 saturated heterocycles. The van der Waals surface area contributed by atoms with Gasteiger partial charge in [-0.15, -0.1) is 0 Å². The minimum Gasteiger partial charge on any atom is -0.495 e. The van der Waals surface area contributed by atoms with Gasteiger partial charge in [0.2, 0.25) is 5.60 Å². The van der Waals surface area contributed by atoms with Gasteiger partial charge in [0.05, 0.1) is 19.3 Å². The molecule has 3 unspecified atom stereocenters. The standard InChI is InChI=1S/C19H18F6N6O2/c1-18(32,19(23,24)25)16-13(33-2)4-14-27-7-12(31(14)30-16)15-8(20)3-9(21)17(29-15)28-11-6-26-5-10(11)22/h3-4,7,10-11,26,32H,5-6H2,1-2H3,(H,28,29). The molecule has 3 aromatic rings. The summed E-state index contributed by atoms with van der Waals surface area (Å²) < 4.78 is 88.9. The Balaban J connectivity index is 1.85. The summed E-state index contributed by atoms with van der Waals surface area (Å²) >= 11 is 0. The summed E-state index contributed by atoms with van der Waals surface area (Å²) in [7, 11) is 1.09. The van der Waals surface area contributed by atoms with Gasteiger partial charge in [-0.05, 0) is 6.92 Å². The number of aliphatic hydroxyl groups is 1. The molecular formula is C19H18F6N6O2. The first-order valence-corrected chi connectivity index (χ1v) is 9.64. The molecule has 4 heterocycles. The van der Waals surface area contributed by atoms with Gasteiger partial charge >= 0.3 is 6.18 Å². The van der Waals surface area contributed by atoms with E-state index in [1.165, 1.54) is 0 Å². The number of imidazole rings is 1. The molecule has 3 atom stereocenters. The van der Waals surface area contributed by atoms with Crippen LogP contribution in [0.15, 0.2) is 18.3 Å². The van der Waals surface area contributed by atoms with E-state index in [4.69, 9.17) is 4.74 Å². The van der Waals surface area contributed by atoms with Crippen molar-refractivity contribution < 1.29 is 36.2 Å². The van der Waals surface area contributed by atoms with Crippen LogP contribution in [0.3, 0.4) is 0 Å². The summed E-state index contributed by atoms with van der Waals surface area (Å²) in [5.74, 6) is -3.09. The minimum atomic E-state index is -5.11. The van der Waals surface area contributed by atoms with Gasteiger partial charge in [-0.1, -0.05) is 0 Å². The Labute approximate surface area is 182 Å². The third-order valence-electron chi connectivity index (χ3n) is 5.33. The summed E-state index contributed by atoms with van der Waals surface area (Å²) in [4.78, 5) is 7.84. The fourth-order valence-corrected chi connectivity index (χ4v) is 3.40. The Hall–Kier alpha value is -3.13. The molecule has 4 rings (SSSR count). The average Bonchev–Trinajstić information content (AvgIpc) is 3.33. The maximum atomic E-state index is 14.6. The molecule has 8 nitrogen and oxygen atoms in total.